The van der Waals surface area contributed by atoms with Crippen LogP contribution in [0.2, 0.25) is 5.02 Å². The number of hydrogen-bond acceptors (Lipinski definition) is 2. The van der Waals surface area contributed by atoms with Crippen LogP contribution in [-0.4, -0.2) is 37.0 Å². The Balaban J connectivity index is 2.75. The summed E-state index contributed by atoms with van der Waals surface area (Å²) in [7, 11) is 3.29. The Morgan fingerprint density at radius 2 is 1.70 bits per heavy atom. The largest absolute Gasteiger partial charge is 0.347 e. The third-order valence-electron chi connectivity index (χ3n) is 2.89. The van der Waals surface area contributed by atoms with E-state index in [1.54, 1.807) is 33.2 Å². The Labute approximate surface area is 124 Å². The number of aryl methyl sites for hydroxylation is 2. The van der Waals surface area contributed by atoms with E-state index in [1.807, 2.05) is 13.8 Å². The van der Waals surface area contributed by atoms with Crippen LogP contribution in [0.5, 0.6) is 0 Å². The van der Waals surface area contributed by atoms with Gasteiger partial charge >= 0.3 is 6.03 Å². The Morgan fingerprint density at radius 1 is 1.20 bits per heavy atom. The first-order valence-electron chi connectivity index (χ1n) is 6.27. The van der Waals surface area contributed by atoms with Gasteiger partial charge in [-0.05, 0) is 44.0 Å². The molecule has 0 aromatic heterocycles. The maximum atomic E-state index is 11.9. The quantitative estimate of drug-likeness (QED) is 0.901. The SMILES string of the molecule is Cc1cc(Cl)cc(C)c1NC(=O)N[C@@H](C)C(=O)N(C)C. The second kappa shape index (κ2) is 6.61. The van der Waals surface area contributed by atoms with Crippen molar-refractivity contribution < 1.29 is 9.59 Å². The van der Waals surface area contributed by atoms with Crippen LogP contribution < -0.4 is 10.6 Å². The molecule has 0 aliphatic carbocycles. The Hall–Kier alpha value is -1.75. The van der Waals surface area contributed by atoms with Crippen molar-refractivity contribution in [3.63, 3.8) is 0 Å². The standard InChI is InChI=1S/C14H20ClN3O2/c1-8-6-11(15)7-9(2)12(8)17-14(20)16-10(3)13(19)18(4)5/h6-7,10H,1-5H3,(H2,16,17,20)/t10-/m0/s1. The number of nitrogens with zero attached hydrogens (tertiary/aromatic N) is 1. The lowest BCUT2D eigenvalue weighted by atomic mass is 10.1. The summed E-state index contributed by atoms with van der Waals surface area (Å²) >= 11 is 5.94. The molecular formula is C14H20ClN3O2. The fraction of sp³-hybridized carbons (Fsp3) is 0.429. The number of carbonyl (C=O) groups excluding carboxylic acids is 2. The zero-order valence-corrected chi connectivity index (χ0v) is 13.1. The van der Waals surface area contributed by atoms with Gasteiger partial charge in [0.2, 0.25) is 5.91 Å². The van der Waals surface area contributed by atoms with E-state index in [9.17, 15) is 9.59 Å². The number of likely N-dealkylation sites (N-methyl/N-ethyl adjacent to an activating group) is 1. The number of nitrogens with one attached hydrogen (secondary N) is 2. The van der Waals surface area contributed by atoms with Crippen LogP contribution in [0.3, 0.4) is 0 Å². The highest BCUT2D eigenvalue weighted by Crippen LogP contribution is 2.24. The fourth-order valence-corrected chi connectivity index (χ4v) is 2.23. The summed E-state index contributed by atoms with van der Waals surface area (Å²) in [5.41, 5.74) is 2.45. The first-order valence-corrected chi connectivity index (χ1v) is 6.65. The molecule has 3 amide bonds. The van der Waals surface area contributed by atoms with Gasteiger partial charge in [0.15, 0.2) is 0 Å². The van der Waals surface area contributed by atoms with Gasteiger partial charge in [-0.3, -0.25) is 4.79 Å². The second-order valence-electron chi connectivity index (χ2n) is 4.97. The molecule has 1 aromatic carbocycles. The van der Waals surface area contributed by atoms with Crippen molar-refractivity contribution in [2.24, 2.45) is 0 Å². The van der Waals surface area contributed by atoms with E-state index in [4.69, 9.17) is 11.6 Å². The van der Waals surface area contributed by atoms with Crippen molar-refractivity contribution in [1.82, 2.24) is 10.2 Å². The highest BCUT2D eigenvalue weighted by Gasteiger charge is 2.17. The molecule has 0 fully saturated rings. The van der Waals surface area contributed by atoms with Crippen LogP contribution in [0, 0.1) is 13.8 Å². The number of urea groups is 1. The van der Waals surface area contributed by atoms with Gasteiger partial charge < -0.3 is 15.5 Å². The molecule has 0 spiro atoms. The molecule has 0 saturated heterocycles. The third kappa shape index (κ3) is 4.13. The van der Waals surface area contributed by atoms with Gasteiger partial charge in [0, 0.05) is 24.8 Å². The van der Waals surface area contributed by atoms with Crippen LogP contribution >= 0.6 is 11.6 Å². The minimum atomic E-state index is -0.585. The molecule has 6 heteroatoms. The van der Waals surface area contributed by atoms with Crippen molar-refractivity contribution in [3.8, 4) is 0 Å². The number of carbonyl (C=O) groups is 2. The molecule has 0 saturated carbocycles. The van der Waals surface area contributed by atoms with Gasteiger partial charge in [0.25, 0.3) is 0 Å². The predicted octanol–water partition coefficient (Wildman–Crippen LogP) is 2.56. The number of halogens is 1. The van der Waals surface area contributed by atoms with Gasteiger partial charge in [-0.1, -0.05) is 11.6 Å². The van der Waals surface area contributed by atoms with Gasteiger partial charge in [0.1, 0.15) is 6.04 Å². The summed E-state index contributed by atoms with van der Waals surface area (Å²) in [6.07, 6.45) is 0. The summed E-state index contributed by atoms with van der Waals surface area (Å²) in [6, 6.07) is 2.55. The smallest absolute Gasteiger partial charge is 0.319 e. The van der Waals surface area contributed by atoms with Crippen LogP contribution in [0.25, 0.3) is 0 Å². The van der Waals surface area contributed by atoms with E-state index in [0.29, 0.717) is 10.7 Å². The van der Waals surface area contributed by atoms with Crippen LogP contribution in [-0.2, 0) is 4.79 Å². The molecule has 110 valence electrons. The number of benzene rings is 1. The number of rotatable bonds is 3. The normalized spacial score (nSPS) is 11.7. The fourth-order valence-electron chi connectivity index (χ4n) is 1.90. The van der Waals surface area contributed by atoms with E-state index in [1.165, 1.54) is 4.90 Å². The molecule has 1 aromatic rings. The molecule has 0 unspecified atom stereocenters. The number of hydrogen-bond donors (Lipinski definition) is 2. The highest BCUT2D eigenvalue weighted by atomic mass is 35.5. The Kier molecular flexibility index (Phi) is 5.39. The lowest BCUT2D eigenvalue weighted by molar-refractivity contribution is -0.130. The van der Waals surface area contributed by atoms with E-state index < -0.39 is 12.1 Å². The first kappa shape index (κ1) is 16.3. The van der Waals surface area contributed by atoms with Crippen LogP contribution in [0.15, 0.2) is 12.1 Å². The molecule has 20 heavy (non-hydrogen) atoms. The van der Waals surface area contributed by atoms with E-state index in [-0.39, 0.29) is 5.91 Å². The van der Waals surface area contributed by atoms with E-state index in [0.717, 1.165) is 11.1 Å². The predicted molar refractivity (Wildman–Crippen MR) is 81.2 cm³/mol. The first-order chi connectivity index (χ1) is 9.22. The molecule has 1 rings (SSSR count). The topological polar surface area (TPSA) is 61.4 Å². The third-order valence-corrected chi connectivity index (χ3v) is 3.11. The molecule has 0 radical (unpaired) electrons. The summed E-state index contributed by atoms with van der Waals surface area (Å²) < 4.78 is 0. The second-order valence-corrected chi connectivity index (χ2v) is 5.40. The van der Waals surface area contributed by atoms with Crippen molar-refractivity contribution in [2.75, 3.05) is 19.4 Å². The molecule has 0 bridgehead atoms. The average Bonchev–Trinajstić information content (AvgIpc) is 2.32. The van der Waals surface area contributed by atoms with Crippen molar-refractivity contribution in [3.05, 3.63) is 28.3 Å². The summed E-state index contributed by atoms with van der Waals surface area (Å²) in [4.78, 5) is 25.0. The van der Waals surface area contributed by atoms with Gasteiger partial charge in [-0.15, -0.1) is 0 Å². The number of amides is 3. The molecule has 0 heterocycles. The summed E-state index contributed by atoms with van der Waals surface area (Å²) in [6.45, 7) is 5.37. The van der Waals surface area contributed by atoms with Gasteiger partial charge in [-0.25, -0.2) is 4.79 Å². The molecule has 1 atom stereocenters. The van der Waals surface area contributed by atoms with Crippen LogP contribution in [0.1, 0.15) is 18.1 Å². The number of anilines is 1. The van der Waals surface area contributed by atoms with E-state index in [2.05, 4.69) is 10.6 Å². The maximum Gasteiger partial charge on any atom is 0.319 e. The van der Waals surface area contributed by atoms with Crippen LogP contribution in [0.4, 0.5) is 10.5 Å². The zero-order valence-electron chi connectivity index (χ0n) is 12.4. The monoisotopic (exact) mass is 297 g/mol. The molecule has 2 N–H and O–H groups in total. The van der Waals surface area contributed by atoms with Crippen molar-refractivity contribution >= 4 is 29.2 Å². The Bertz CT molecular complexity index is 506. The average molecular weight is 298 g/mol. The van der Waals surface area contributed by atoms with Gasteiger partial charge in [-0.2, -0.15) is 0 Å². The minimum Gasteiger partial charge on any atom is -0.347 e. The maximum absolute atomic E-state index is 11.9. The van der Waals surface area contributed by atoms with Crippen molar-refractivity contribution in [2.45, 2.75) is 26.8 Å². The summed E-state index contributed by atoms with van der Waals surface area (Å²) in [5.74, 6) is -0.162. The lowest BCUT2D eigenvalue weighted by Crippen LogP contribution is -2.45. The minimum absolute atomic E-state index is 0.162. The van der Waals surface area contributed by atoms with Crippen molar-refractivity contribution in [1.29, 1.82) is 0 Å². The molecule has 0 aliphatic rings. The van der Waals surface area contributed by atoms with E-state index >= 15 is 0 Å². The zero-order chi connectivity index (χ0) is 15.4. The lowest BCUT2D eigenvalue weighted by Gasteiger charge is -2.19. The molecule has 0 aliphatic heterocycles. The molecular weight excluding hydrogens is 278 g/mol. The molecule has 5 nitrogen and oxygen atoms in total. The highest BCUT2D eigenvalue weighted by molar-refractivity contribution is 6.30. The summed E-state index contributed by atoms with van der Waals surface area (Å²) in [5, 5.41) is 5.98. The Morgan fingerprint density at radius 3 is 2.15 bits per heavy atom. The van der Waals surface area contributed by atoms with Gasteiger partial charge in [0.05, 0.1) is 0 Å².